The van der Waals surface area contributed by atoms with Crippen LogP contribution in [-0.4, -0.2) is 10.2 Å². The molecule has 0 fully saturated rings. The minimum absolute atomic E-state index is 0.189. The molecular weight excluding hydrogens is 301 g/mol. The van der Waals surface area contributed by atoms with Crippen LogP contribution in [0.15, 0.2) is 40.9 Å². The van der Waals surface area contributed by atoms with E-state index in [0.29, 0.717) is 15.7 Å². The van der Waals surface area contributed by atoms with Gasteiger partial charge in [-0.25, -0.2) is 4.39 Å². The van der Waals surface area contributed by atoms with Crippen molar-refractivity contribution in [2.45, 2.75) is 6.54 Å². The summed E-state index contributed by atoms with van der Waals surface area (Å²) in [5, 5.41) is 21.8. The molecule has 0 atom stereocenters. The maximum Gasteiger partial charge on any atom is 0.162 e. The van der Waals surface area contributed by atoms with Gasteiger partial charge in [0, 0.05) is 16.6 Å². The average molecular weight is 312 g/mol. The summed E-state index contributed by atoms with van der Waals surface area (Å²) in [6.45, 7) is 0.221. The Bertz CT molecular complexity index is 575. The maximum atomic E-state index is 13.5. The molecule has 0 amide bonds. The summed E-state index contributed by atoms with van der Waals surface area (Å²) >= 11 is 3.17. The molecule has 2 aromatic rings. The predicted octanol–water partition coefficient (Wildman–Crippen LogP) is 3.61. The second-order valence-corrected chi connectivity index (χ2v) is 4.68. The third-order valence-electron chi connectivity index (χ3n) is 2.50. The molecule has 94 valence electrons. The molecule has 5 heteroatoms. The lowest BCUT2D eigenvalue weighted by Crippen LogP contribution is -2.01. The number of hydrogen-bond acceptors (Lipinski definition) is 3. The van der Waals surface area contributed by atoms with Crippen LogP contribution < -0.4 is 5.32 Å². The highest BCUT2D eigenvalue weighted by Crippen LogP contribution is 2.29. The van der Waals surface area contributed by atoms with Gasteiger partial charge in [-0.15, -0.1) is 0 Å². The van der Waals surface area contributed by atoms with Crippen LogP contribution in [0, 0.1) is 5.82 Å². The molecule has 0 aliphatic carbocycles. The third-order valence-corrected chi connectivity index (χ3v) is 2.99. The van der Waals surface area contributed by atoms with E-state index in [1.807, 2.05) is 0 Å². The fourth-order valence-corrected chi connectivity index (χ4v) is 1.88. The highest BCUT2D eigenvalue weighted by molar-refractivity contribution is 9.10. The smallest absolute Gasteiger partial charge is 0.162 e. The van der Waals surface area contributed by atoms with E-state index in [9.17, 15) is 14.6 Å². The molecule has 0 spiro atoms. The molecule has 18 heavy (non-hydrogen) atoms. The van der Waals surface area contributed by atoms with E-state index in [1.165, 1.54) is 12.1 Å². The van der Waals surface area contributed by atoms with E-state index in [1.54, 1.807) is 24.3 Å². The molecular formula is C13H11BrFNO2. The first-order valence-electron chi connectivity index (χ1n) is 5.26. The first-order valence-corrected chi connectivity index (χ1v) is 6.06. The normalized spacial score (nSPS) is 10.3. The summed E-state index contributed by atoms with van der Waals surface area (Å²) < 4.78 is 14.2. The molecule has 0 saturated heterocycles. The van der Waals surface area contributed by atoms with E-state index < -0.39 is 0 Å². The highest BCUT2D eigenvalue weighted by atomic mass is 79.9. The lowest BCUT2D eigenvalue weighted by Gasteiger charge is -2.10. The molecule has 0 saturated carbocycles. The number of anilines is 1. The Labute approximate surface area is 112 Å². The summed E-state index contributed by atoms with van der Waals surface area (Å²) in [6.07, 6.45) is 0. The second kappa shape index (κ2) is 5.27. The standard InChI is InChI=1S/C13H11BrFNO2/c14-9-4-5-11(10(15)6-9)16-7-8-2-1-3-12(17)13(8)18/h1-6,16-18H,7H2. The molecule has 0 aromatic heterocycles. The zero-order valence-corrected chi connectivity index (χ0v) is 10.9. The summed E-state index contributed by atoms with van der Waals surface area (Å²) in [4.78, 5) is 0. The topological polar surface area (TPSA) is 52.5 Å². The van der Waals surface area contributed by atoms with Gasteiger partial charge in [0.25, 0.3) is 0 Å². The number of phenols is 2. The Morgan fingerprint density at radius 1 is 1.17 bits per heavy atom. The molecule has 2 rings (SSSR count). The van der Waals surface area contributed by atoms with E-state index in [0.717, 1.165) is 0 Å². The lowest BCUT2D eigenvalue weighted by atomic mass is 10.2. The van der Waals surface area contributed by atoms with Crippen molar-refractivity contribution in [2.75, 3.05) is 5.32 Å². The van der Waals surface area contributed by atoms with Crippen molar-refractivity contribution >= 4 is 21.6 Å². The number of halogens is 2. The van der Waals surface area contributed by atoms with Gasteiger partial charge in [-0.2, -0.15) is 0 Å². The van der Waals surface area contributed by atoms with Gasteiger partial charge in [0.2, 0.25) is 0 Å². The van der Waals surface area contributed by atoms with Gasteiger partial charge >= 0.3 is 0 Å². The minimum Gasteiger partial charge on any atom is -0.504 e. The second-order valence-electron chi connectivity index (χ2n) is 3.76. The zero-order chi connectivity index (χ0) is 13.1. The van der Waals surface area contributed by atoms with Gasteiger partial charge in [-0.1, -0.05) is 28.1 Å². The van der Waals surface area contributed by atoms with Gasteiger partial charge in [-0.05, 0) is 24.3 Å². The number of hydrogen-bond donors (Lipinski definition) is 3. The molecule has 0 aliphatic heterocycles. The van der Waals surface area contributed by atoms with Crippen molar-refractivity contribution in [2.24, 2.45) is 0 Å². The SMILES string of the molecule is Oc1cccc(CNc2ccc(Br)cc2F)c1O. The van der Waals surface area contributed by atoms with Crippen molar-refractivity contribution in [1.82, 2.24) is 0 Å². The third kappa shape index (κ3) is 2.73. The van der Waals surface area contributed by atoms with Crippen LogP contribution in [0.5, 0.6) is 11.5 Å². The molecule has 0 heterocycles. The first kappa shape index (κ1) is 12.7. The first-order chi connectivity index (χ1) is 8.58. The van der Waals surface area contributed by atoms with Crippen LogP contribution in [0.4, 0.5) is 10.1 Å². The molecule has 3 nitrogen and oxygen atoms in total. The maximum absolute atomic E-state index is 13.5. The fourth-order valence-electron chi connectivity index (χ4n) is 1.54. The van der Waals surface area contributed by atoms with Crippen LogP contribution in [0.1, 0.15) is 5.56 Å². The Balaban J connectivity index is 2.14. The Morgan fingerprint density at radius 2 is 1.94 bits per heavy atom. The van der Waals surface area contributed by atoms with Gasteiger partial charge in [0.15, 0.2) is 11.5 Å². The van der Waals surface area contributed by atoms with E-state index in [2.05, 4.69) is 21.2 Å². The summed E-state index contributed by atoms with van der Waals surface area (Å²) in [7, 11) is 0. The van der Waals surface area contributed by atoms with Crippen LogP contribution in [0.3, 0.4) is 0 Å². The number of benzene rings is 2. The van der Waals surface area contributed by atoms with Crippen molar-refractivity contribution < 1.29 is 14.6 Å². The van der Waals surface area contributed by atoms with Gasteiger partial charge in [0.1, 0.15) is 5.82 Å². The number of rotatable bonds is 3. The van der Waals surface area contributed by atoms with Crippen molar-refractivity contribution in [1.29, 1.82) is 0 Å². The van der Waals surface area contributed by atoms with Gasteiger partial charge < -0.3 is 15.5 Å². The summed E-state index contributed by atoms with van der Waals surface area (Å²) in [6, 6.07) is 9.32. The Hall–Kier alpha value is -1.75. The number of para-hydroxylation sites is 1. The van der Waals surface area contributed by atoms with Crippen LogP contribution in [0.2, 0.25) is 0 Å². The van der Waals surface area contributed by atoms with E-state index in [-0.39, 0.29) is 23.9 Å². The number of aromatic hydroxyl groups is 2. The molecule has 0 radical (unpaired) electrons. The van der Waals surface area contributed by atoms with Gasteiger partial charge in [-0.3, -0.25) is 0 Å². The van der Waals surface area contributed by atoms with Crippen molar-refractivity contribution in [3.63, 3.8) is 0 Å². The number of nitrogens with one attached hydrogen (secondary N) is 1. The predicted molar refractivity (Wildman–Crippen MR) is 71.2 cm³/mol. The van der Waals surface area contributed by atoms with E-state index in [4.69, 9.17) is 0 Å². The molecule has 0 bridgehead atoms. The van der Waals surface area contributed by atoms with Crippen LogP contribution in [-0.2, 0) is 6.54 Å². The van der Waals surface area contributed by atoms with Gasteiger partial charge in [0.05, 0.1) is 5.69 Å². The quantitative estimate of drug-likeness (QED) is 0.759. The zero-order valence-electron chi connectivity index (χ0n) is 9.32. The molecule has 2 aromatic carbocycles. The number of phenolic OH excluding ortho intramolecular Hbond substituents is 2. The molecule has 3 N–H and O–H groups in total. The Morgan fingerprint density at radius 3 is 2.67 bits per heavy atom. The summed E-state index contributed by atoms with van der Waals surface area (Å²) in [5.74, 6) is -0.767. The average Bonchev–Trinajstić information content (AvgIpc) is 2.33. The highest BCUT2D eigenvalue weighted by Gasteiger charge is 2.07. The van der Waals surface area contributed by atoms with Crippen molar-refractivity contribution in [3.8, 4) is 11.5 Å². The van der Waals surface area contributed by atoms with Crippen LogP contribution in [0.25, 0.3) is 0 Å². The van der Waals surface area contributed by atoms with E-state index >= 15 is 0 Å². The summed E-state index contributed by atoms with van der Waals surface area (Å²) in [5.41, 5.74) is 0.832. The van der Waals surface area contributed by atoms with Crippen LogP contribution >= 0.6 is 15.9 Å². The monoisotopic (exact) mass is 311 g/mol. The Kier molecular flexibility index (Phi) is 3.72. The molecule has 0 aliphatic rings. The fraction of sp³-hybridized carbons (Fsp3) is 0.0769. The van der Waals surface area contributed by atoms with Crippen molar-refractivity contribution in [3.05, 3.63) is 52.3 Å². The molecule has 0 unspecified atom stereocenters. The minimum atomic E-state index is -0.385. The largest absolute Gasteiger partial charge is 0.504 e. The lowest BCUT2D eigenvalue weighted by molar-refractivity contribution is 0.400.